The highest BCUT2D eigenvalue weighted by atomic mass is 16.5. The summed E-state index contributed by atoms with van der Waals surface area (Å²) >= 11 is 0. The molecule has 0 radical (unpaired) electrons. The van der Waals surface area contributed by atoms with Crippen LogP contribution in [-0.4, -0.2) is 18.9 Å². The lowest BCUT2D eigenvalue weighted by Crippen LogP contribution is -2.33. The molecule has 1 unspecified atom stereocenters. The molecule has 1 atom stereocenters. The molecule has 2 N–H and O–H groups in total. The summed E-state index contributed by atoms with van der Waals surface area (Å²) in [7, 11) is 1.61. The standard InChI is InChI=1S/C17H19NO2/c1-20-15-9-5-8-14(10-15)12-17(19)16(18)11-13-6-3-2-4-7-13/h2-10,16H,11-12,18H2,1H3. The minimum absolute atomic E-state index is 0.0436. The Morgan fingerprint density at radius 1 is 1.10 bits per heavy atom. The SMILES string of the molecule is COc1cccc(CC(=O)C(N)Cc2ccccc2)c1. The van der Waals surface area contributed by atoms with Crippen molar-refractivity contribution in [3.05, 3.63) is 65.7 Å². The van der Waals surface area contributed by atoms with Crippen LogP contribution < -0.4 is 10.5 Å². The van der Waals surface area contributed by atoms with Gasteiger partial charge in [-0.3, -0.25) is 4.79 Å². The lowest BCUT2D eigenvalue weighted by atomic mass is 9.98. The third-order valence-electron chi connectivity index (χ3n) is 3.22. The van der Waals surface area contributed by atoms with Crippen LogP contribution in [0.15, 0.2) is 54.6 Å². The number of rotatable bonds is 6. The van der Waals surface area contributed by atoms with Crippen LogP contribution in [0.2, 0.25) is 0 Å². The van der Waals surface area contributed by atoms with E-state index in [1.54, 1.807) is 7.11 Å². The summed E-state index contributed by atoms with van der Waals surface area (Å²) in [4.78, 5) is 12.2. The van der Waals surface area contributed by atoms with Crippen molar-refractivity contribution in [1.29, 1.82) is 0 Å². The quantitative estimate of drug-likeness (QED) is 0.876. The second-order valence-corrected chi connectivity index (χ2v) is 4.79. The highest BCUT2D eigenvalue weighted by molar-refractivity contribution is 5.86. The fraction of sp³-hybridized carbons (Fsp3) is 0.235. The van der Waals surface area contributed by atoms with E-state index in [9.17, 15) is 4.79 Å². The molecule has 2 aromatic carbocycles. The number of nitrogens with two attached hydrogens (primary N) is 1. The molecule has 0 aliphatic heterocycles. The van der Waals surface area contributed by atoms with Crippen molar-refractivity contribution in [2.24, 2.45) is 5.73 Å². The molecule has 2 aromatic rings. The summed E-state index contributed by atoms with van der Waals surface area (Å²) in [6, 6.07) is 16.9. The molecule has 0 bridgehead atoms. The highest BCUT2D eigenvalue weighted by Crippen LogP contribution is 2.14. The number of carbonyl (C=O) groups is 1. The number of carbonyl (C=O) groups excluding carboxylic acids is 1. The Hall–Kier alpha value is -2.13. The normalized spacial score (nSPS) is 11.9. The van der Waals surface area contributed by atoms with Gasteiger partial charge in [0.1, 0.15) is 5.75 Å². The van der Waals surface area contributed by atoms with Crippen molar-refractivity contribution in [2.45, 2.75) is 18.9 Å². The van der Waals surface area contributed by atoms with Gasteiger partial charge in [0.2, 0.25) is 0 Å². The average Bonchev–Trinajstić information content (AvgIpc) is 2.48. The van der Waals surface area contributed by atoms with Gasteiger partial charge >= 0.3 is 0 Å². The Bertz CT molecular complexity index is 566. The molecule has 0 fully saturated rings. The predicted molar refractivity (Wildman–Crippen MR) is 79.8 cm³/mol. The van der Waals surface area contributed by atoms with Crippen molar-refractivity contribution >= 4 is 5.78 Å². The van der Waals surface area contributed by atoms with Crippen molar-refractivity contribution in [3.8, 4) is 5.75 Å². The van der Waals surface area contributed by atoms with E-state index < -0.39 is 6.04 Å². The van der Waals surface area contributed by atoms with E-state index in [0.717, 1.165) is 16.9 Å². The monoisotopic (exact) mass is 269 g/mol. The van der Waals surface area contributed by atoms with Gasteiger partial charge in [-0.25, -0.2) is 0 Å². The minimum Gasteiger partial charge on any atom is -0.497 e. The van der Waals surface area contributed by atoms with Crippen LogP contribution in [-0.2, 0) is 17.6 Å². The molecule has 104 valence electrons. The lowest BCUT2D eigenvalue weighted by molar-refractivity contribution is -0.119. The van der Waals surface area contributed by atoms with Gasteiger partial charge in [0.25, 0.3) is 0 Å². The second-order valence-electron chi connectivity index (χ2n) is 4.79. The van der Waals surface area contributed by atoms with Crippen molar-refractivity contribution < 1.29 is 9.53 Å². The molecule has 0 aliphatic carbocycles. The maximum Gasteiger partial charge on any atom is 0.154 e. The van der Waals surface area contributed by atoms with Gasteiger partial charge < -0.3 is 10.5 Å². The zero-order chi connectivity index (χ0) is 14.4. The number of hydrogen-bond donors (Lipinski definition) is 1. The van der Waals surface area contributed by atoms with Gasteiger partial charge in [-0.2, -0.15) is 0 Å². The van der Waals surface area contributed by atoms with Crippen LogP contribution in [0.1, 0.15) is 11.1 Å². The molecular formula is C17H19NO2. The Morgan fingerprint density at radius 3 is 2.50 bits per heavy atom. The van der Waals surface area contributed by atoms with Gasteiger partial charge in [0, 0.05) is 6.42 Å². The largest absolute Gasteiger partial charge is 0.497 e. The molecule has 0 aliphatic rings. The van der Waals surface area contributed by atoms with Crippen LogP contribution in [0.4, 0.5) is 0 Å². The van der Waals surface area contributed by atoms with Gasteiger partial charge in [0.15, 0.2) is 5.78 Å². The van der Waals surface area contributed by atoms with E-state index in [0.29, 0.717) is 12.8 Å². The summed E-state index contributed by atoms with van der Waals surface area (Å²) in [6.45, 7) is 0. The van der Waals surface area contributed by atoms with Crippen LogP contribution in [0.5, 0.6) is 5.75 Å². The van der Waals surface area contributed by atoms with E-state index in [-0.39, 0.29) is 5.78 Å². The zero-order valence-electron chi connectivity index (χ0n) is 11.6. The number of Topliss-reactive ketones (excluding diaryl/α,β-unsaturated/α-hetero) is 1. The van der Waals surface area contributed by atoms with E-state index in [4.69, 9.17) is 10.5 Å². The van der Waals surface area contributed by atoms with Crippen molar-refractivity contribution in [3.63, 3.8) is 0 Å². The Balaban J connectivity index is 1.97. The Labute approximate surface area is 119 Å². The first-order valence-corrected chi connectivity index (χ1v) is 6.64. The van der Waals surface area contributed by atoms with Crippen molar-refractivity contribution in [2.75, 3.05) is 7.11 Å². The minimum atomic E-state index is -0.469. The molecule has 3 heteroatoms. The highest BCUT2D eigenvalue weighted by Gasteiger charge is 2.14. The van der Waals surface area contributed by atoms with Gasteiger partial charge in [-0.1, -0.05) is 42.5 Å². The van der Waals surface area contributed by atoms with E-state index in [1.165, 1.54) is 0 Å². The fourth-order valence-electron chi connectivity index (χ4n) is 2.10. The first-order chi connectivity index (χ1) is 9.69. The van der Waals surface area contributed by atoms with E-state index in [1.807, 2.05) is 54.6 Å². The Kier molecular flexibility index (Phi) is 4.91. The number of ketones is 1. The van der Waals surface area contributed by atoms with Crippen LogP contribution in [0, 0.1) is 0 Å². The second kappa shape index (κ2) is 6.87. The summed E-state index contributed by atoms with van der Waals surface area (Å²) in [6.07, 6.45) is 0.912. The summed E-state index contributed by atoms with van der Waals surface area (Å²) in [5, 5.41) is 0. The number of hydrogen-bond acceptors (Lipinski definition) is 3. The van der Waals surface area contributed by atoms with Crippen molar-refractivity contribution in [1.82, 2.24) is 0 Å². The molecule has 3 nitrogen and oxygen atoms in total. The Morgan fingerprint density at radius 2 is 1.80 bits per heavy atom. The molecular weight excluding hydrogens is 250 g/mol. The van der Waals surface area contributed by atoms with E-state index in [2.05, 4.69) is 0 Å². The maximum atomic E-state index is 12.2. The van der Waals surface area contributed by atoms with Crippen LogP contribution >= 0.6 is 0 Å². The molecule has 0 amide bonds. The topological polar surface area (TPSA) is 52.3 Å². The number of benzene rings is 2. The fourth-order valence-corrected chi connectivity index (χ4v) is 2.10. The molecule has 20 heavy (non-hydrogen) atoms. The third kappa shape index (κ3) is 3.93. The first-order valence-electron chi connectivity index (χ1n) is 6.64. The third-order valence-corrected chi connectivity index (χ3v) is 3.22. The van der Waals surface area contributed by atoms with E-state index >= 15 is 0 Å². The number of methoxy groups -OCH3 is 1. The molecule has 0 aromatic heterocycles. The summed E-state index contributed by atoms with van der Waals surface area (Å²) in [5.41, 5.74) is 8.00. The molecule has 0 saturated heterocycles. The van der Waals surface area contributed by atoms with Gasteiger partial charge in [0.05, 0.1) is 13.2 Å². The molecule has 0 spiro atoms. The summed E-state index contributed by atoms with van der Waals surface area (Å²) in [5.74, 6) is 0.800. The maximum absolute atomic E-state index is 12.2. The smallest absolute Gasteiger partial charge is 0.154 e. The van der Waals surface area contributed by atoms with Crippen LogP contribution in [0.25, 0.3) is 0 Å². The molecule has 0 saturated carbocycles. The van der Waals surface area contributed by atoms with Crippen LogP contribution in [0.3, 0.4) is 0 Å². The van der Waals surface area contributed by atoms with Gasteiger partial charge in [-0.15, -0.1) is 0 Å². The molecule has 2 rings (SSSR count). The summed E-state index contributed by atoms with van der Waals surface area (Å²) < 4.78 is 5.15. The lowest BCUT2D eigenvalue weighted by Gasteiger charge is -2.11. The first kappa shape index (κ1) is 14.3. The predicted octanol–water partition coefficient (Wildman–Crippen LogP) is 2.38. The average molecular weight is 269 g/mol. The number of ether oxygens (including phenoxy) is 1. The molecule has 0 heterocycles. The van der Waals surface area contributed by atoms with Gasteiger partial charge in [-0.05, 0) is 29.7 Å². The zero-order valence-corrected chi connectivity index (χ0v) is 11.6.